The number of fused-ring (bicyclic) bond motifs is 1. The van der Waals surface area contributed by atoms with E-state index in [0.717, 1.165) is 0 Å². The molecule has 3 rings (SSSR count). The molecule has 0 aromatic carbocycles. The molecule has 1 atom stereocenters. The Bertz CT molecular complexity index is 790. The van der Waals surface area contributed by atoms with E-state index in [-0.39, 0.29) is 30.2 Å². The van der Waals surface area contributed by atoms with E-state index in [9.17, 15) is 9.59 Å². The smallest absolute Gasteiger partial charge is 0.249 e. The molecule has 0 bridgehead atoms. The SMILES string of the molecule is CC[C@@H]1C(=O)N(C)c2cnc(CC(=O)c3nccs3)nc2N1C(C)C. The van der Waals surface area contributed by atoms with E-state index in [4.69, 9.17) is 0 Å². The average Bonchev–Trinajstić information content (AvgIpc) is 3.12. The van der Waals surface area contributed by atoms with Gasteiger partial charge in [0.25, 0.3) is 0 Å². The van der Waals surface area contributed by atoms with Crippen LogP contribution in [-0.4, -0.2) is 45.8 Å². The van der Waals surface area contributed by atoms with E-state index in [1.165, 1.54) is 11.3 Å². The Morgan fingerprint density at radius 2 is 2.12 bits per heavy atom. The molecule has 0 fully saturated rings. The summed E-state index contributed by atoms with van der Waals surface area (Å²) in [5, 5.41) is 2.23. The van der Waals surface area contributed by atoms with E-state index in [2.05, 4.69) is 15.0 Å². The number of nitrogens with zero attached hydrogens (tertiary/aromatic N) is 5. The van der Waals surface area contributed by atoms with Crippen molar-refractivity contribution < 1.29 is 9.59 Å². The second kappa shape index (κ2) is 6.87. The maximum atomic E-state index is 12.6. The van der Waals surface area contributed by atoms with Gasteiger partial charge in [0.05, 0.1) is 12.6 Å². The van der Waals surface area contributed by atoms with Gasteiger partial charge in [0, 0.05) is 24.7 Å². The van der Waals surface area contributed by atoms with Crippen LogP contribution in [-0.2, 0) is 11.2 Å². The number of hydrogen-bond donors (Lipinski definition) is 0. The molecule has 2 aromatic rings. The highest BCUT2D eigenvalue weighted by molar-refractivity contribution is 7.11. The summed E-state index contributed by atoms with van der Waals surface area (Å²) < 4.78 is 0. The number of aromatic nitrogens is 3. The molecule has 1 amide bonds. The van der Waals surface area contributed by atoms with Crippen LogP contribution in [0.2, 0.25) is 0 Å². The first kappa shape index (κ1) is 17.5. The quantitative estimate of drug-likeness (QED) is 0.763. The van der Waals surface area contributed by atoms with E-state index in [1.54, 1.807) is 29.7 Å². The lowest BCUT2D eigenvalue weighted by atomic mass is 10.1. The van der Waals surface area contributed by atoms with Crippen molar-refractivity contribution in [1.82, 2.24) is 15.0 Å². The number of rotatable bonds is 5. The van der Waals surface area contributed by atoms with Gasteiger partial charge in [-0.25, -0.2) is 15.0 Å². The predicted molar refractivity (Wildman–Crippen MR) is 97.3 cm³/mol. The van der Waals surface area contributed by atoms with Crippen molar-refractivity contribution in [3.8, 4) is 0 Å². The van der Waals surface area contributed by atoms with Crippen LogP contribution < -0.4 is 9.80 Å². The van der Waals surface area contributed by atoms with Crippen LogP contribution in [0.1, 0.15) is 42.8 Å². The van der Waals surface area contributed by atoms with Crippen molar-refractivity contribution >= 4 is 34.5 Å². The van der Waals surface area contributed by atoms with Gasteiger partial charge in [0.2, 0.25) is 5.91 Å². The average molecular weight is 359 g/mol. The summed E-state index contributed by atoms with van der Waals surface area (Å²) in [5.74, 6) is 1.10. The number of Topliss-reactive ketones (excluding diaryl/α,β-unsaturated/α-hetero) is 1. The minimum Gasteiger partial charge on any atom is -0.340 e. The molecule has 2 aromatic heterocycles. The standard InChI is InChI=1S/C17H21N5O2S/c1-5-11-17(24)21(4)12-9-19-14(20-15(12)22(11)10(2)3)8-13(23)16-18-6-7-25-16/h6-7,9-11H,5,8H2,1-4H3/t11-/m1/s1. The Morgan fingerprint density at radius 3 is 2.72 bits per heavy atom. The van der Waals surface area contributed by atoms with E-state index in [0.29, 0.717) is 28.8 Å². The number of thiazole rings is 1. The van der Waals surface area contributed by atoms with Crippen molar-refractivity contribution in [1.29, 1.82) is 0 Å². The molecule has 0 spiro atoms. The highest BCUT2D eigenvalue weighted by atomic mass is 32.1. The number of carbonyl (C=O) groups excluding carboxylic acids is 2. The molecule has 0 N–H and O–H groups in total. The second-order valence-electron chi connectivity index (χ2n) is 6.25. The van der Waals surface area contributed by atoms with Crippen molar-refractivity contribution in [2.75, 3.05) is 16.8 Å². The normalized spacial score (nSPS) is 17.2. The molecule has 0 unspecified atom stereocenters. The third-order valence-corrected chi connectivity index (χ3v) is 5.10. The molecule has 3 heterocycles. The van der Waals surface area contributed by atoms with Crippen molar-refractivity contribution in [3.63, 3.8) is 0 Å². The molecule has 0 saturated heterocycles. The maximum absolute atomic E-state index is 12.6. The molecular formula is C17H21N5O2S. The molecule has 0 radical (unpaired) electrons. The summed E-state index contributed by atoms with van der Waals surface area (Å²) in [5.41, 5.74) is 0.675. The highest BCUT2D eigenvalue weighted by Crippen LogP contribution is 2.35. The minimum absolute atomic E-state index is 0.0407. The minimum atomic E-state index is -0.255. The van der Waals surface area contributed by atoms with E-state index in [1.807, 2.05) is 25.7 Å². The molecule has 1 aliphatic heterocycles. The summed E-state index contributed by atoms with van der Waals surface area (Å²) in [6, 6.07) is -0.145. The summed E-state index contributed by atoms with van der Waals surface area (Å²) in [7, 11) is 1.74. The van der Waals surface area contributed by atoms with Gasteiger partial charge in [-0.3, -0.25) is 9.59 Å². The number of likely N-dealkylation sites (N-methyl/N-ethyl adjacent to an activating group) is 1. The van der Waals surface area contributed by atoms with Crippen molar-refractivity contribution in [3.05, 3.63) is 28.6 Å². The van der Waals surface area contributed by atoms with Gasteiger partial charge in [-0.2, -0.15) is 0 Å². The van der Waals surface area contributed by atoms with Crippen LogP contribution in [0.5, 0.6) is 0 Å². The van der Waals surface area contributed by atoms with E-state index < -0.39 is 0 Å². The first-order valence-corrected chi connectivity index (χ1v) is 9.16. The fraction of sp³-hybridized carbons (Fsp3) is 0.471. The molecule has 7 nitrogen and oxygen atoms in total. The molecule has 132 valence electrons. The molecule has 8 heteroatoms. The maximum Gasteiger partial charge on any atom is 0.249 e. The Kier molecular flexibility index (Phi) is 4.80. The lowest BCUT2D eigenvalue weighted by molar-refractivity contribution is -0.120. The number of hydrogen-bond acceptors (Lipinski definition) is 7. The Hall–Kier alpha value is -2.35. The molecule has 1 aliphatic rings. The zero-order valence-corrected chi connectivity index (χ0v) is 15.6. The van der Waals surface area contributed by atoms with Gasteiger partial charge >= 0.3 is 0 Å². The van der Waals surface area contributed by atoms with Gasteiger partial charge in [-0.05, 0) is 20.3 Å². The van der Waals surface area contributed by atoms with Gasteiger partial charge in [-0.15, -0.1) is 11.3 Å². The highest BCUT2D eigenvalue weighted by Gasteiger charge is 2.38. The van der Waals surface area contributed by atoms with Gasteiger partial charge in [-0.1, -0.05) is 6.92 Å². The third-order valence-electron chi connectivity index (χ3n) is 4.29. The molecule has 0 saturated carbocycles. The Labute approximate surface area is 150 Å². The number of ketones is 1. The first-order valence-electron chi connectivity index (χ1n) is 8.28. The van der Waals surface area contributed by atoms with Crippen LogP contribution in [0, 0.1) is 0 Å². The number of anilines is 2. The largest absolute Gasteiger partial charge is 0.340 e. The van der Waals surface area contributed by atoms with Crippen molar-refractivity contribution in [2.24, 2.45) is 0 Å². The van der Waals surface area contributed by atoms with Gasteiger partial charge in [0.1, 0.15) is 17.6 Å². The monoisotopic (exact) mass is 359 g/mol. The topological polar surface area (TPSA) is 79.3 Å². The zero-order chi connectivity index (χ0) is 18.1. The third kappa shape index (κ3) is 3.13. The summed E-state index contributed by atoms with van der Waals surface area (Å²) in [4.78, 5) is 41.5. The Balaban J connectivity index is 1.98. The molecule has 0 aliphatic carbocycles. The first-order chi connectivity index (χ1) is 11.9. The van der Waals surface area contributed by atoms with Crippen LogP contribution in [0.4, 0.5) is 11.5 Å². The van der Waals surface area contributed by atoms with Crippen LogP contribution in [0.3, 0.4) is 0 Å². The van der Waals surface area contributed by atoms with Crippen LogP contribution in [0.25, 0.3) is 0 Å². The lowest BCUT2D eigenvalue weighted by Gasteiger charge is -2.42. The Morgan fingerprint density at radius 1 is 1.36 bits per heavy atom. The van der Waals surface area contributed by atoms with Crippen LogP contribution in [0.15, 0.2) is 17.8 Å². The van der Waals surface area contributed by atoms with E-state index >= 15 is 0 Å². The molecule has 25 heavy (non-hydrogen) atoms. The van der Waals surface area contributed by atoms with Gasteiger partial charge in [0.15, 0.2) is 16.6 Å². The fourth-order valence-corrected chi connectivity index (χ4v) is 3.65. The lowest BCUT2D eigenvalue weighted by Crippen LogP contribution is -2.55. The number of carbonyl (C=O) groups is 2. The predicted octanol–water partition coefficient (Wildman–Crippen LogP) is 2.33. The summed E-state index contributed by atoms with van der Waals surface area (Å²) in [6.45, 7) is 6.06. The van der Waals surface area contributed by atoms with Crippen molar-refractivity contribution in [2.45, 2.75) is 45.7 Å². The second-order valence-corrected chi connectivity index (χ2v) is 7.15. The van der Waals surface area contributed by atoms with Crippen LogP contribution >= 0.6 is 11.3 Å². The zero-order valence-electron chi connectivity index (χ0n) is 14.8. The molecular weight excluding hydrogens is 338 g/mol. The summed E-state index contributed by atoms with van der Waals surface area (Å²) >= 11 is 1.31. The number of amides is 1. The van der Waals surface area contributed by atoms with Gasteiger partial charge < -0.3 is 9.80 Å². The fourth-order valence-electron chi connectivity index (χ4n) is 3.08. The summed E-state index contributed by atoms with van der Waals surface area (Å²) in [6.07, 6.45) is 4.03.